The molecule has 0 aromatic heterocycles. The lowest BCUT2D eigenvalue weighted by molar-refractivity contribution is -0.144. The quantitative estimate of drug-likeness (QED) is 0.223. The minimum Gasteiger partial charge on any atom is -0.466 e. The fraction of sp³-hybridized carbons (Fsp3) is 0.889. The van der Waals surface area contributed by atoms with E-state index in [0.29, 0.717) is 6.61 Å². The fourth-order valence-corrected chi connectivity index (χ4v) is 2.38. The molecule has 0 amide bonds. The Hall–Kier alpha value is -0.860. The maximum absolute atomic E-state index is 11.1. The highest BCUT2D eigenvalue weighted by molar-refractivity contribution is 5.72. The Bertz CT molecular complexity index is 239. The van der Waals surface area contributed by atoms with Crippen molar-refractivity contribution in [3.8, 4) is 0 Å². The van der Waals surface area contributed by atoms with Gasteiger partial charge in [0.15, 0.2) is 0 Å². The number of unbranched alkanes of at least 4 members (excludes halogenated alkanes) is 11. The summed E-state index contributed by atoms with van der Waals surface area (Å²) >= 11 is 0. The summed E-state index contributed by atoms with van der Waals surface area (Å²) in [6, 6.07) is 0. The molecule has 0 atom stereocenters. The van der Waals surface area contributed by atoms with Gasteiger partial charge >= 0.3 is 5.97 Å². The third-order valence-corrected chi connectivity index (χ3v) is 3.73. The predicted molar refractivity (Wildman–Crippen MR) is 87.3 cm³/mol. The lowest BCUT2D eigenvalue weighted by Gasteiger charge is -2.04. The van der Waals surface area contributed by atoms with Crippen LogP contribution < -0.4 is 0 Å². The Kier molecular flexibility index (Phi) is 16.5. The Labute approximate surface area is 130 Å². The zero-order valence-electron chi connectivity index (χ0n) is 13.9. The number of ether oxygens (including phenoxy) is 1. The fourth-order valence-electron chi connectivity index (χ4n) is 2.38. The molecule has 0 saturated carbocycles. The minimum absolute atomic E-state index is 0.224. The van der Waals surface area contributed by atoms with Crippen LogP contribution in [-0.2, 0) is 14.3 Å². The molecule has 124 valence electrons. The van der Waals surface area contributed by atoms with Gasteiger partial charge in [-0.05, 0) is 6.42 Å². The molecule has 0 radical (unpaired) electrons. The summed E-state index contributed by atoms with van der Waals surface area (Å²) < 4.78 is 5.04. The molecule has 0 aliphatic heterocycles. The van der Waals surface area contributed by atoms with E-state index < -0.39 is 0 Å². The van der Waals surface area contributed by atoms with Gasteiger partial charge in [-0.1, -0.05) is 77.6 Å². The normalized spacial score (nSPS) is 10.5. The van der Waals surface area contributed by atoms with E-state index in [1.807, 2.05) is 0 Å². The topological polar surface area (TPSA) is 43.4 Å². The van der Waals surface area contributed by atoms with Crippen LogP contribution in [0.15, 0.2) is 0 Å². The van der Waals surface area contributed by atoms with Crippen molar-refractivity contribution in [2.75, 3.05) is 6.61 Å². The van der Waals surface area contributed by atoms with E-state index >= 15 is 0 Å². The number of aldehydes is 1. The van der Waals surface area contributed by atoms with E-state index in [1.165, 1.54) is 64.2 Å². The minimum atomic E-state index is -0.245. The van der Waals surface area contributed by atoms with E-state index in [2.05, 4.69) is 6.92 Å². The molecule has 0 bridgehead atoms. The van der Waals surface area contributed by atoms with Crippen LogP contribution in [0.3, 0.4) is 0 Å². The Morgan fingerprint density at radius 2 is 1.29 bits per heavy atom. The number of rotatable bonds is 16. The molecule has 0 rings (SSSR count). The SMILES string of the molecule is CCCCCCCCCCCCCCOC(=O)CCC=O. The number of hydrogen-bond donors (Lipinski definition) is 0. The summed E-state index contributed by atoms with van der Waals surface area (Å²) in [7, 11) is 0. The van der Waals surface area contributed by atoms with Crippen molar-refractivity contribution in [2.45, 2.75) is 96.8 Å². The molecule has 0 aliphatic rings. The first-order chi connectivity index (χ1) is 10.3. The molecular formula is C18H34O3. The van der Waals surface area contributed by atoms with Crippen LogP contribution in [0.4, 0.5) is 0 Å². The third-order valence-electron chi connectivity index (χ3n) is 3.73. The third kappa shape index (κ3) is 17.1. The largest absolute Gasteiger partial charge is 0.466 e. The molecule has 0 saturated heterocycles. The maximum Gasteiger partial charge on any atom is 0.306 e. The Morgan fingerprint density at radius 1 is 0.810 bits per heavy atom. The second-order valence-corrected chi connectivity index (χ2v) is 5.81. The van der Waals surface area contributed by atoms with E-state index in [4.69, 9.17) is 4.74 Å². The van der Waals surface area contributed by atoms with Crippen molar-refractivity contribution in [1.29, 1.82) is 0 Å². The van der Waals surface area contributed by atoms with Gasteiger partial charge in [0.25, 0.3) is 0 Å². The molecule has 0 aromatic carbocycles. The van der Waals surface area contributed by atoms with Crippen molar-refractivity contribution in [3.05, 3.63) is 0 Å². The van der Waals surface area contributed by atoms with Gasteiger partial charge < -0.3 is 9.53 Å². The van der Waals surface area contributed by atoms with Crippen molar-refractivity contribution in [3.63, 3.8) is 0 Å². The molecule has 21 heavy (non-hydrogen) atoms. The molecule has 0 heterocycles. The summed E-state index contributed by atoms with van der Waals surface area (Å²) in [5, 5.41) is 0. The van der Waals surface area contributed by atoms with Crippen molar-refractivity contribution in [1.82, 2.24) is 0 Å². The van der Waals surface area contributed by atoms with Gasteiger partial charge in [0.1, 0.15) is 6.29 Å². The second kappa shape index (κ2) is 17.2. The number of carbonyl (C=O) groups is 2. The van der Waals surface area contributed by atoms with Gasteiger partial charge in [-0.3, -0.25) is 4.79 Å². The monoisotopic (exact) mass is 298 g/mol. The molecule has 0 fully saturated rings. The maximum atomic E-state index is 11.1. The molecular weight excluding hydrogens is 264 g/mol. The Balaban J connectivity index is 3.05. The van der Waals surface area contributed by atoms with Crippen LogP contribution >= 0.6 is 0 Å². The highest BCUT2D eigenvalue weighted by atomic mass is 16.5. The van der Waals surface area contributed by atoms with Gasteiger partial charge in [0.2, 0.25) is 0 Å². The highest BCUT2D eigenvalue weighted by Crippen LogP contribution is 2.11. The zero-order valence-corrected chi connectivity index (χ0v) is 13.9. The van der Waals surface area contributed by atoms with Crippen LogP contribution in [0, 0.1) is 0 Å². The van der Waals surface area contributed by atoms with Crippen molar-refractivity contribution < 1.29 is 14.3 Å². The van der Waals surface area contributed by atoms with Crippen LogP contribution in [0.25, 0.3) is 0 Å². The smallest absolute Gasteiger partial charge is 0.306 e. The molecule has 0 N–H and O–H groups in total. The van der Waals surface area contributed by atoms with E-state index in [0.717, 1.165) is 19.1 Å². The molecule has 0 unspecified atom stereocenters. The molecule has 3 nitrogen and oxygen atoms in total. The van der Waals surface area contributed by atoms with E-state index in [-0.39, 0.29) is 18.8 Å². The number of hydrogen-bond acceptors (Lipinski definition) is 3. The molecule has 0 aliphatic carbocycles. The average Bonchev–Trinajstić information content (AvgIpc) is 2.49. The summed E-state index contributed by atoms with van der Waals surface area (Å²) in [5.74, 6) is -0.245. The first-order valence-electron chi connectivity index (χ1n) is 8.90. The van der Waals surface area contributed by atoms with Gasteiger partial charge in [-0.2, -0.15) is 0 Å². The van der Waals surface area contributed by atoms with Gasteiger partial charge in [0, 0.05) is 6.42 Å². The first kappa shape index (κ1) is 20.1. The summed E-state index contributed by atoms with van der Waals surface area (Å²) in [4.78, 5) is 21.2. The van der Waals surface area contributed by atoms with E-state index in [9.17, 15) is 9.59 Å². The van der Waals surface area contributed by atoms with Crippen molar-refractivity contribution >= 4 is 12.3 Å². The van der Waals surface area contributed by atoms with Gasteiger partial charge in [-0.15, -0.1) is 0 Å². The van der Waals surface area contributed by atoms with E-state index in [1.54, 1.807) is 0 Å². The highest BCUT2D eigenvalue weighted by Gasteiger charge is 2.01. The predicted octanol–water partition coefficient (Wildman–Crippen LogP) is 5.21. The summed E-state index contributed by atoms with van der Waals surface area (Å²) in [6.45, 7) is 2.77. The van der Waals surface area contributed by atoms with Crippen LogP contribution in [0.5, 0.6) is 0 Å². The molecule has 3 heteroatoms. The van der Waals surface area contributed by atoms with Crippen LogP contribution in [0.2, 0.25) is 0 Å². The summed E-state index contributed by atoms with van der Waals surface area (Å²) in [6.07, 6.45) is 16.9. The number of esters is 1. The Morgan fingerprint density at radius 3 is 1.76 bits per heavy atom. The second-order valence-electron chi connectivity index (χ2n) is 5.81. The molecule has 0 aromatic rings. The number of carbonyl (C=O) groups excluding carboxylic acids is 2. The van der Waals surface area contributed by atoms with Gasteiger partial charge in [-0.25, -0.2) is 0 Å². The lowest BCUT2D eigenvalue weighted by atomic mass is 10.1. The van der Waals surface area contributed by atoms with Crippen LogP contribution in [-0.4, -0.2) is 18.9 Å². The lowest BCUT2D eigenvalue weighted by Crippen LogP contribution is -2.05. The summed E-state index contributed by atoms with van der Waals surface area (Å²) in [5.41, 5.74) is 0. The molecule has 0 spiro atoms. The standard InChI is InChI=1S/C18H34O3/c1-2-3-4-5-6-7-8-9-10-11-12-13-17-21-18(20)15-14-16-19/h16H,2-15,17H2,1H3. The average molecular weight is 298 g/mol. The zero-order chi connectivity index (χ0) is 15.6. The van der Waals surface area contributed by atoms with Crippen molar-refractivity contribution in [2.24, 2.45) is 0 Å². The van der Waals surface area contributed by atoms with Crippen LogP contribution in [0.1, 0.15) is 96.8 Å². The first-order valence-corrected chi connectivity index (χ1v) is 8.90. The van der Waals surface area contributed by atoms with Gasteiger partial charge in [0.05, 0.1) is 13.0 Å².